The van der Waals surface area contributed by atoms with Gasteiger partial charge in [-0.15, -0.1) is 10.2 Å². The van der Waals surface area contributed by atoms with Crippen molar-refractivity contribution in [2.45, 2.75) is 26.3 Å². The molecule has 0 fully saturated rings. The highest BCUT2D eigenvalue weighted by molar-refractivity contribution is 5.95. The first-order valence-corrected chi connectivity index (χ1v) is 8.73. The number of nitrogens with zero attached hydrogens (tertiary/aromatic N) is 2. The van der Waals surface area contributed by atoms with Crippen LogP contribution in [0.25, 0.3) is 11.3 Å². The van der Waals surface area contributed by atoms with Crippen LogP contribution < -0.4 is 10.6 Å². The van der Waals surface area contributed by atoms with Gasteiger partial charge in [0.05, 0.1) is 5.69 Å². The summed E-state index contributed by atoms with van der Waals surface area (Å²) in [6.45, 7) is 4.03. The van der Waals surface area contributed by atoms with Gasteiger partial charge in [0.2, 0.25) is 0 Å². The first-order valence-electron chi connectivity index (χ1n) is 8.73. The van der Waals surface area contributed by atoms with Crippen LogP contribution in [0, 0.1) is 0 Å². The Hall–Kier alpha value is -3.21. The summed E-state index contributed by atoms with van der Waals surface area (Å²) in [7, 11) is 0. The van der Waals surface area contributed by atoms with E-state index < -0.39 is 0 Å². The fraction of sp³-hybridized carbons (Fsp3) is 0.190. The molecule has 3 aromatic rings. The molecule has 0 radical (unpaired) electrons. The maximum atomic E-state index is 12.3. The lowest BCUT2D eigenvalue weighted by Gasteiger charge is -2.12. The number of hydrogen-bond acceptors (Lipinski definition) is 4. The van der Waals surface area contributed by atoms with Crippen LogP contribution in [-0.4, -0.2) is 22.1 Å². The Morgan fingerprint density at radius 2 is 1.81 bits per heavy atom. The van der Waals surface area contributed by atoms with Crippen LogP contribution >= 0.6 is 0 Å². The molecule has 1 heterocycles. The lowest BCUT2D eigenvalue weighted by molar-refractivity contribution is 0.0939. The second-order valence-corrected chi connectivity index (χ2v) is 6.16. The number of amides is 1. The first kappa shape index (κ1) is 17.6. The van der Waals surface area contributed by atoms with Crippen molar-refractivity contribution in [2.24, 2.45) is 0 Å². The highest BCUT2D eigenvalue weighted by Crippen LogP contribution is 2.19. The number of benzene rings is 2. The molecule has 5 nitrogen and oxygen atoms in total. The summed E-state index contributed by atoms with van der Waals surface area (Å²) in [6, 6.07) is 21.2. The van der Waals surface area contributed by atoms with Gasteiger partial charge in [-0.05, 0) is 43.7 Å². The summed E-state index contributed by atoms with van der Waals surface area (Å²) in [5.41, 5.74) is 3.25. The molecule has 3 rings (SSSR count). The summed E-state index contributed by atoms with van der Waals surface area (Å²) in [6.07, 6.45) is 0.896. The van der Waals surface area contributed by atoms with Crippen molar-refractivity contribution in [3.8, 4) is 11.3 Å². The van der Waals surface area contributed by atoms with Gasteiger partial charge in [0, 0.05) is 22.9 Å². The van der Waals surface area contributed by atoms with Gasteiger partial charge >= 0.3 is 0 Å². The average molecular weight is 346 g/mol. The Kier molecular flexibility index (Phi) is 5.59. The van der Waals surface area contributed by atoms with Gasteiger partial charge in [-0.3, -0.25) is 4.79 Å². The normalized spacial score (nSPS) is 11.6. The van der Waals surface area contributed by atoms with Crippen LogP contribution in [0.2, 0.25) is 0 Å². The van der Waals surface area contributed by atoms with Crippen LogP contribution in [0.3, 0.4) is 0 Å². The van der Waals surface area contributed by atoms with E-state index in [-0.39, 0.29) is 11.9 Å². The van der Waals surface area contributed by atoms with Crippen LogP contribution in [0.1, 0.15) is 30.6 Å². The molecule has 0 spiro atoms. The summed E-state index contributed by atoms with van der Waals surface area (Å²) in [4.78, 5) is 12.3. The van der Waals surface area contributed by atoms with Crippen molar-refractivity contribution in [1.82, 2.24) is 15.5 Å². The van der Waals surface area contributed by atoms with E-state index in [1.165, 1.54) is 0 Å². The standard InChI is InChI=1S/C21H22N4O/c1-3-15(2)22-21(26)17-10-7-11-18(14-17)23-20-13-12-19(24-25-20)16-8-5-4-6-9-16/h4-15H,3H2,1-2H3,(H,22,26)(H,23,25)/t15-/m1/s1. The first-order chi connectivity index (χ1) is 12.7. The molecule has 0 bridgehead atoms. The third-order valence-electron chi connectivity index (χ3n) is 4.12. The molecule has 0 unspecified atom stereocenters. The van der Waals surface area contributed by atoms with Gasteiger partial charge in [-0.25, -0.2) is 0 Å². The summed E-state index contributed by atoms with van der Waals surface area (Å²) < 4.78 is 0. The second-order valence-electron chi connectivity index (χ2n) is 6.16. The van der Waals surface area contributed by atoms with E-state index in [9.17, 15) is 4.79 Å². The highest BCUT2D eigenvalue weighted by atomic mass is 16.1. The Balaban J connectivity index is 1.71. The smallest absolute Gasteiger partial charge is 0.251 e. The number of carbonyl (C=O) groups is 1. The van der Waals surface area contributed by atoms with E-state index in [0.717, 1.165) is 23.4 Å². The Morgan fingerprint density at radius 3 is 2.50 bits per heavy atom. The van der Waals surface area contributed by atoms with Crippen molar-refractivity contribution in [3.63, 3.8) is 0 Å². The van der Waals surface area contributed by atoms with Gasteiger partial charge in [-0.1, -0.05) is 43.3 Å². The molecule has 2 N–H and O–H groups in total. The van der Waals surface area contributed by atoms with E-state index in [1.807, 2.05) is 74.5 Å². The minimum Gasteiger partial charge on any atom is -0.350 e. The quantitative estimate of drug-likeness (QED) is 0.693. The Morgan fingerprint density at radius 1 is 1.00 bits per heavy atom. The zero-order chi connectivity index (χ0) is 18.4. The molecule has 0 aliphatic rings. The molecule has 132 valence electrons. The number of nitrogens with one attached hydrogen (secondary N) is 2. The van der Waals surface area contributed by atoms with E-state index in [0.29, 0.717) is 11.4 Å². The number of carbonyl (C=O) groups excluding carboxylic acids is 1. The highest BCUT2D eigenvalue weighted by Gasteiger charge is 2.09. The maximum Gasteiger partial charge on any atom is 0.251 e. The van der Waals surface area contributed by atoms with Crippen molar-refractivity contribution in [3.05, 3.63) is 72.3 Å². The lowest BCUT2D eigenvalue weighted by atomic mass is 10.1. The summed E-state index contributed by atoms with van der Waals surface area (Å²) in [5, 5.41) is 14.6. The Bertz CT molecular complexity index is 863. The maximum absolute atomic E-state index is 12.3. The van der Waals surface area contributed by atoms with Gasteiger partial charge in [-0.2, -0.15) is 0 Å². The molecule has 1 aromatic heterocycles. The number of anilines is 2. The lowest BCUT2D eigenvalue weighted by Crippen LogP contribution is -2.31. The number of aromatic nitrogens is 2. The van der Waals surface area contributed by atoms with Crippen molar-refractivity contribution >= 4 is 17.4 Å². The molecule has 0 aliphatic carbocycles. The molecule has 2 aromatic carbocycles. The fourth-order valence-electron chi connectivity index (χ4n) is 2.46. The number of hydrogen-bond donors (Lipinski definition) is 2. The zero-order valence-corrected chi connectivity index (χ0v) is 14.9. The van der Waals surface area contributed by atoms with E-state index in [4.69, 9.17) is 0 Å². The molecule has 0 aliphatic heterocycles. The molecule has 0 saturated heterocycles. The molecular weight excluding hydrogens is 324 g/mol. The Labute approximate surface area is 153 Å². The largest absolute Gasteiger partial charge is 0.350 e. The van der Waals surface area contributed by atoms with Crippen molar-refractivity contribution in [2.75, 3.05) is 5.32 Å². The van der Waals surface area contributed by atoms with Gasteiger partial charge in [0.25, 0.3) is 5.91 Å². The topological polar surface area (TPSA) is 66.9 Å². The van der Waals surface area contributed by atoms with Gasteiger partial charge in [0.15, 0.2) is 5.82 Å². The van der Waals surface area contributed by atoms with Gasteiger partial charge < -0.3 is 10.6 Å². The molecule has 26 heavy (non-hydrogen) atoms. The van der Waals surface area contributed by atoms with E-state index in [1.54, 1.807) is 6.07 Å². The van der Waals surface area contributed by atoms with Crippen LogP contribution in [0.5, 0.6) is 0 Å². The van der Waals surface area contributed by atoms with Crippen LogP contribution in [-0.2, 0) is 0 Å². The van der Waals surface area contributed by atoms with E-state index >= 15 is 0 Å². The van der Waals surface area contributed by atoms with Gasteiger partial charge in [0.1, 0.15) is 0 Å². The predicted molar refractivity (Wildman–Crippen MR) is 104 cm³/mol. The van der Waals surface area contributed by atoms with Crippen molar-refractivity contribution < 1.29 is 4.79 Å². The average Bonchev–Trinajstić information content (AvgIpc) is 2.69. The third-order valence-corrected chi connectivity index (χ3v) is 4.12. The van der Waals surface area contributed by atoms with E-state index in [2.05, 4.69) is 20.8 Å². The monoisotopic (exact) mass is 346 g/mol. The molecule has 0 saturated carbocycles. The van der Waals surface area contributed by atoms with Crippen LogP contribution in [0.4, 0.5) is 11.5 Å². The minimum absolute atomic E-state index is 0.0755. The fourth-order valence-corrected chi connectivity index (χ4v) is 2.46. The molecule has 5 heteroatoms. The van der Waals surface area contributed by atoms with Crippen molar-refractivity contribution in [1.29, 1.82) is 0 Å². The SMILES string of the molecule is CC[C@@H](C)NC(=O)c1cccc(Nc2ccc(-c3ccccc3)nn2)c1. The number of rotatable bonds is 6. The minimum atomic E-state index is -0.0755. The van der Waals surface area contributed by atoms with Crippen LogP contribution in [0.15, 0.2) is 66.7 Å². The second kappa shape index (κ2) is 8.25. The molecule has 1 amide bonds. The predicted octanol–water partition coefficient (Wildman–Crippen LogP) is 4.42. The molecular formula is C21H22N4O. The third kappa shape index (κ3) is 4.45. The zero-order valence-electron chi connectivity index (χ0n) is 14.9. The summed E-state index contributed by atoms with van der Waals surface area (Å²) in [5.74, 6) is 0.553. The molecule has 1 atom stereocenters. The summed E-state index contributed by atoms with van der Waals surface area (Å²) >= 11 is 0.